The Kier molecular flexibility index (Phi) is 5.49. The molecule has 1 aromatic rings. The van der Waals surface area contributed by atoms with Crippen LogP contribution in [0.25, 0.3) is 11.3 Å². The average molecular weight is 509 g/mol. The number of hydrogen-bond donors (Lipinski definition) is 6. The number of aromatic hydroxyl groups is 1. The van der Waals surface area contributed by atoms with Gasteiger partial charge in [-0.2, -0.15) is 0 Å². The Morgan fingerprint density at radius 1 is 1.16 bits per heavy atom. The summed E-state index contributed by atoms with van der Waals surface area (Å²) in [5, 5.41) is 56.5. The number of hydrogen-bond acceptors (Lipinski definition) is 9. The van der Waals surface area contributed by atoms with Gasteiger partial charge in [0.1, 0.15) is 22.8 Å². The topological polar surface area (TPSA) is 182 Å². The quantitative estimate of drug-likeness (QED) is 0.322. The van der Waals surface area contributed by atoms with Gasteiger partial charge in [-0.3, -0.25) is 19.3 Å². The van der Waals surface area contributed by atoms with Crippen LogP contribution in [0.2, 0.25) is 0 Å². The Morgan fingerprint density at radius 3 is 2.41 bits per heavy atom. The summed E-state index contributed by atoms with van der Waals surface area (Å²) >= 11 is 0. The molecule has 0 unspecified atom stereocenters. The molecule has 1 saturated carbocycles. The van der Waals surface area contributed by atoms with E-state index in [4.69, 9.17) is 5.73 Å². The molecule has 0 spiro atoms. The number of benzene rings is 1. The molecule has 0 aliphatic heterocycles. The van der Waals surface area contributed by atoms with Crippen molar-refractivity contribution in [3.05, 3.63) is 64.0 Å². The van der Waals surface area contributed by atoms with Crippen molar-refractivity contribution in [3.8, 4) is 5.75 Å². The number of ketones is 2. The van der Waals surface area contributed by atoms with E-state index in [9.17, 15) is 39.9 Å². The lowest BCUT2D eigenvalue weighted by Gasteiger charge is -2.53. The monoisotopic (exact) mass is 508 g/mol. The fraction of sp³-hybridized carbons (Fsp3) is 0.370. The number of Topliss-reactive ketones (excluding diaryl/α,β-unsaturated/α-hetero) is 2. The van der Waals surface area contributed by atoms with Crippen LogP contribution in [0.1, 0.15) is 36.0 Å². The molecule has 10 heteroatoms. The zero-order valence-corrected chi connectivity index (χ0v) is 20.5. The normalized spacial score (nSPS) is 32.9. The van der Waals surface area contributed by atoms with Crippen molar-refractivity contribution in [1.29, 1.82) is 0 Å². The lowest BCUT2D eigenvalue weighted by molar-refractivity contribution is -0.169. The first-order chi connectivity index (χ1) is 17.3. The minimum absolute atomic E-state index is 0.0127. The summed E-state index contributed by atoms with van der Waals surface area (Å²) in [6.45, 7) is 1.72. The van der Waals surface area contributed by atoms with E-state index < -0.39 is 75.6 Å². The Bertz CT molecular complexity index is 1400. The van der Waals surface area contributed by atoms with Crippen LogP contribution in [0.3, 0.4) is 0 Å². The van der Waals surface area contributed by atoms with E-state index >= 15 is 0 Å². The predicted molar refractivity (Wildman–Crippen MR) is 132 cm³/mol. The first-order valence-corrected chi connectivity index (χ1v) is 11.9. The van der Waals surface area contributed by atoms with Crippen LogP contribution >= 0.6 is 0 Å². The second-order valence-corrected chi connectivity index (χ2v) is 10.3. The van der Waals surface area contributed by atoms with Gasteiger partial charge in [-0.1, -0.05) is 31.2 Å². The predicted octanol–water partition coefficient (Wildman–Crippen LogP) is 0.839. The second kappa shape index (κ2) is 8.14. The molecular formula is C27H28N2O8. The maximum atomic E-state index is 14.0. The van der Waals surface area contributed by atoms with Crippen LogP contribution in [0.4, 0.5) is 0 Å². The number of aliphatic hydroxyl groups is 4. The second-order valence-electron chi connectivity index (χ2n) is 10.3. The maximum Gasteiger partial charge on any atom is 0.255 e. The highest BCUT2D eigenvalue weighted by Crippen LogP contribution is 2.57. The van der Waals surface area contributed by atoms with Gasteiger partial charge in [0.15, 0.2) is 11.4 Å². The summed E-state index contributed by atoms with van der Waals surface area (Å²) in [6, 6.07) is 1.71. The van der Waals surface area contributed by atoms with E-state index in [1.165, 1.54) is 25.1 Å². The highest BCUT2D eigenvalue weighted by atomic mass is 16.4. The molecular weight excluding hydrogens is 480 g/mol. The number of allylic oxidation sites excluding steroid dienone is 4. The zero-order valence-electron chi connectivity index (χ0n) is 20.5. The third-order valence-electron chi connectivity index (χ3n) is 8.22. The van der Waals surface area contributed by atoms with E-state index in [1.807, 2.05) is 18.2 Å². The molecule has 4 aliphatic carbocycles. The van der Waals surface area contributed by atoms with Crippen LogP contribution < -0.4 is 5.73 Å². The summed E-state index contributed by atoms with van der Waals surface area (Å²) in [4.78, 5) is 40.7. The van der Waals surface area contributed by atoms with Gasteiger partial charge < -0.3 is 31.3 Å². The number of amides is 1. The van der Waals surface area contributed by atoms with Crippen LogP contribution in [-0.4, -0.2) is 79.7 Å². The first kappa shape index (κ1) is 24.9. The Hall–Kier alpha value is -3.73. The van der Waals surface area contributed by atoms with Crippen molar-refractivity contribution >= 4 is 28.8 Å². The molecule has 10 nitrogen and oxygen atoms in total. The summed E-state index contributed by atoms with van der Waals surface area (Å²) in [6.07, 6.45) is 4.71. The fourth-order valence-corrected chi connectivity index (χ4v) is 6.62. The largest absolute Gasteiger partial charge is 0.508 e. The molecule has 194 valence electrons. The summed E-state index contributed by atoms with van der Waals surface area (Å²) in [7, 11) is 2.94. The van der Waals surface area contributed by atoms with E-state index in [2.05, 4.69) is 0 Å². The van der Waals surface area contributed by atoms with Crippen molar-refractivity contribution in [2.24, 2.45) is 17.6 Å². The molecule has 6 atom stereocenters. The molecule has 1 amide bonds. The number of fused-ring (bicyclic) bond motifs is 3. The fourth-order valence-electron chi connectivity index (χ4n) is 6.62. The van der Waals surface area contributed by atoms with Crippen molar-refractivity contribution in [3.63, 3.8) is 0 Å². The van der Waals surface area contributed by atoms with E-state index in [-0.39, 0.29) is 11.3 Å². The Morgan fingerprint density at radius 2 is 1.84 bits per heavy atom. The number of nitrogens with two attached hydrogens (primary N) is 1. The van der Waals surface area contributed by atoms with Crippen molar-refractivity contribution in [2.45, 2.75) is 37.0 Å². The zero-order chi connectivity index (χ0) is 27.1. The Labute approximate surface area is 212 Å². The number of carbonyl (C=O) groups excluding carboxylic acids is 3. The van der Waals surface area contributed by atoms with Gasteiger partial charge in [-0.25, -0.2) is 0 Å². The van der Waals surface area contributed by atoms with Crippen LogP contribution in [0.5, 0.6) is 5.75 Å². The summed E-state index contributed by atoms with van der Waals surface area (Å²) < 4.78 is 0. The van der Waals surface area contributed by atoms with Crippen molar-refractivity contribution in [1.82, 2.24) is 4.90 Å². The molecule has 5 rings (SSSR count). The maximum absolute atomic E-state index is 14.0. The molecule has 0 radical (unpaired) electrons. The third kappa shape index (κ3) is 3.06. The number of phenolic OH excluding ortho intramolecular Hbond substituents is 1. The SMILES string of the molecule is C[C@@H]1c2c(C3=CC=CC3)ccc(O)c2C(O)=C2C(=O)[C@@]3(O)C(O)=C(C(N)=O)C(=O)[C@H](N(C)C)[C@H]3[C@H](O)[C@H]21. The highest BCUT2D eigenvalue weighted by molar-refractivity contribution is 6.24. The Balaban J connectivity index is 1.82. The number of rotatable bonds is 3. The van der Waals surface area contributed by atoms with Crippen LogP contribution in [0, 0.1) is 11.8 Å². The molecule has 4 aliphatic rings. The number of primary amides is 1. The minimum atomic E-state index is -2.92. The van der Waals surface area contributed by atoms with Crippen LogP contribution in [0.15, 0.2) is 47.3 Å². The van der Waals surface area contributed by atoms with Crippen molar-refractivity contribution in [2.75, 3.05) is 14.1 Å². The molecule has 0 saturated heterocycles. The average Bonchev–Trinajstić information content (AvgIpc) is 3.36. The molecule has 0 heterocycles. The first-order valence-electron chi connectivity index (χ1n) is 11.9. The minimum Gasteiger partial charge on any atom is -0.508 e. The number of nitrogens with zero attached hydrogens (tertiary/aromatic N) is 1. The highest BCUT2D eigenvalue weighted by Gasteiger charge is 2.68. The molecule has 0 bridgehead atoms. The lowest BCUT2D eigenvalue weighted by atomic mass is 9.54. The van der Waals surface area contributed by atoms with Gasteiger partial charge >= 0.3 is 0 Å². The van der Waals surface area contributed by atoms with E-state index in [0.29, 0.717) is 12.0 Å². The molecule has 7 N–H and O–H groups in total. The van der Waals surface area contributed by atoms with Gasteiger partial charge in [0, 0.05) is 11.5 Å². The van der Waals surface area contributed by atoms with Gasteiger partial charge in [-0.05, 0) is 49.2 Å². The van der Waals surface area contributed by atoms with Gasteiger partial charge in [0.2, 0.25) is 5.78 Å². The summed E-state index contributed by atoms with van der Waals surface area (Å²) in [5.41, 5.74) is 3.20. The van der Waals surface area contributed by atoms with Gasteiger partial charge in [-0.15, -0.1) is 0 Å². The van der Waals surface area contributed by atoms with Crippen molar-refractivity contribution < 1.29 is 39.9 Å². The third-order valence-corrected chi connectivity index (χ3v) is 8.22. The lowest BCUT2D eigenvalue weighted by Crippen LogP contribution is -2.70. The number of aliphatic hydroxyl groups excluding tert-OH is 3. The number of phenols is 1. The molecule has 0 aromatic heterocycles. The number of carbonyl (C=O) groups is 3. The van der Waals surface area contributed by atoms with Gasteiger partial charge in [0.05, 0.1) is 23.6 Å². The summed E-state index contributed by atoms with van der Waals surface area (Å²) in [5.74, 6) is -8.99. The number of likely N-dealkylation sites (N-methyl/N-ethyl adjacent to an activating group) is 1. The molecule has 1 aromatic carbocycles. The van der Waals surface area contributed by atoms with E-state index in [0.717, 1.165) is 11.1 Å². The standard InChI is InChI=1S/C27H28N2O8/c1-10-14-12(11-6-4-5-7-11)8-9-13(30)16(14)21(31)17-15(10)22(32)19-20(29(2)3)23(33)18(26(28)36)25(35)27(19,37)24(17)34/h4-6,8-10,15,19-20,22,30-32,35,37H,7H2,1-3H3,(H2,28,36)/t10-,15+,19+,20-,22-,27-/m1/s1. The molecule has 37 heavy (non-hydrogen) atoms. The smallest absolute Gasteiger partial charge is 0.255 e. The van der Waals surface area contributed by atoms with Gasteiger partial charge in [0.25, 0.3) is 5.91 Å². The molecule has 1 fully saturated rings. The van der Waals surface area contributed by atoms with Crippen LogP contribution in [-0.2, 0) is 14.4 Å². The van der Waals surface area contributed by atoms with E-state index in [1.54, 1.807) is 13.0 Å².